The smallest absolute Gasteiger partial charge is 0.410 e. The molecule has 0 N–H and O–H groups in total. The van der Waals surface area contributed by atoms with Crippen LogP contribution < -0.4 is 0 Å². The van der Waals surface area contributed by atoms with E-state index in [1.54, 1.807) is 30.1 Å². The lowest BCUT2D eigenvalue weighted by Crippen LogP contribution is -2.47. The maximum atomic E-state index is 12.8. The van der Waals surface area contributed by atoms with Gasteiger partial charge in [-0.05, 0) is 51.3 Å². The number of benzene rings is 1. The summed E-state index contributed by atoms with van der Waals surface area (Å²) in [6.45, 7) is 6.36. The molecule has 134 valence electrons. The van der Waals surface area contributed by atoms with Gasteiger partial charge in [-0.1, -0.05) is 12.1 Å². The molecule has 1 aliphatic heterocycles. The zero-order valence-corrected chi connectivity index (χ0v) is 15.3. The highest BCUT2D eigenvalue weighted by molar-refractivity contribution is 5.86. The first-order valence-electron chi connectivity index (χ1n) is 8.45. The average Bonchev–Trinajstić information content (AvgIpc) is 3.02. The molecule has 6 heteroatoms. The number of nitriles is 1. The van der Waals surface area contributed by atoms with Crippen LogP contribution in [0.25, 0.3) is 0 Å². The summed E-state index contributed by atoms with van der Waals surface area (Å²) >= 11 is 0. The number of likely N-dealkylation sites (tertiary alicyclic amines) is 1. The summed E-state index contributed by atoms with van der Waals surface area (Å²) in [6, 6.07) is 8.79. The lowest BCUT2D eigenvalue weighted by Gasteiger charge is -2.30. The molecule has 1 aromatic carbocycles. The van der Waals surface area contributed by atoms with Crippen molar-refractivity contribution < 1.29 is 14.3 Å². The van der Waals surface area contributed by atoms with Crippen LogP contribution in [-0.2, 0) is 16.1 Å². The number of hydrogen-bond donors (Lipinski definition) is 0. The molecule has 0 bridgehead atoms. The molecule has 0 saturated carbocycles. The normalized spacial score (nSPS) is 17.1. The van der Waals surface area contributed by atoms with E-state index >= 15 is 0 Å². The van der Waals surface area contributed by atoms with Gasteiger partial charge in [0, 0.05) is 20.1 Å². The van der Waals surface area contributed by atoms with Gasteiger partial charge < -0.3 is 9.64 Å². The molecule has 1 saturated heterocycles. The van der Waals surface area contributed by atoms with Gasteiger partial charge in [0.05, 0.1) is 11.6 Å². The third-order valence-electron chi connectivity index (χ3n) is 4.02. The van der Waals surface area contributed by atoms with Crippen molar-refractivity contribution in [2.45, 2.75) is 51.8 Å². The Kier molecular flexibility index (Phi) is 5.68. The molecule has 1 aliphatic rings. The van der Waals surface area contributed by atoms with Gasteiger partial charge in [-0.2, -0.15) is 5.26 Å². The Morgan fingerprint density at radius 2 is 2.12 bits per heavy atom. The molecule has 0 unspecified atom stereocenters. The standard InChI is InChI=1S/C19H25N3O3/c1-19(2,3)25-18(24)22-10-6-9-16(22)17(23)21(4)13-15-8-5-7-14(11-15)12-20/h5,7-8,11,16H,6,9-10,13H2,1-4H3/t16-/m1/s1. The molecule has 2 rings (SSSR count). The fourth-order valence-electron chi connectivity index (χ4n) is 2.91. The molecule has 2 amide bonds. The van der Waals surface area contributed by atoms with E-state index in [0.29, 0.717) is 25.1 Å². The van der Waals surface area contributed by atoms with E-state index in [-0.39, 0.29) is 5.91 Å². The highest BCUT2D eigenvalue weighted by Crippen LogP contribution is 2.22. The summed E-state index contributed by atoms with van der Waals surface area (Å²) in [6.07, 6.45) is 0.983. The van der Waals surface area contributed by atoms with Crippen molar-refractivity contribution in [3.63, 3.8) is 0 Å². The molecule has 1 aromatic rings. The molecule has 25 heavy (non-hydrogen) atoms. The van der Waals surface area contributed by atoms with E-state index in [1.165, 1.54) is 4.90 Å². The molecule has 1 atom stereocenters. The molecule has 1 fully saturated rings. The molecular weight excluding hydrogens is 318 g/mol. The molecule has 0 radical (unpaired) electrons. The Hall–Kier alpha value is -2.55. The van der Waals surface area contributed by atoms with Crippen LogP contribution in [0.5, 0.6) is 0 Å². The second kappa shape index (κ2) is 7.56. The Labute approximate surface area is 149 Å². The number of likely N-dealkylation sites (N-methyl/N-ethyl adjacent to an activating group) is 1. The van der Waals surface area contributed by atoms with Crippen molar-refractivity contribution in [1.29, 1.82) is 5.26 Å². The topological polar surface area (TPSA) is 73.6 Å². The minimum Gasteiger partial charge on any atom is -0.444 e. The summed E-state index contributed by atoms with van der Waals surface area (Å²) < 4.78 is 5.41. The van der Waals surface area contributed by atoms with E-state index in [9.17, 15) is 9.59 Å². The van der Waals surface area contributed by atoms with Crippen LogP contribution in [-0.4, -0.2) is 47.0 Å². The van der Waals surface area contributed by atoms with Crippen molar-refractivity contribution in [2.24, 2.45) is 0 Å². The lowest BCUT2D eigenvalue weighted by atomic mass is 10.1. The minimum atomic E-state index is -0.586. The minimum absolute atomic E-state index is 0.106. The van der Waals surface area contributed by atoms with Crippen molar-refractivity contribution in [1.82, 2.24) is 9.80 Å². The fourth-order valence-corrected chi connectivity index (χ4v) is 2.91. The number of amides is 2. The Morgan fingerprint density at radius 3 is 2.76 bits per heavy atom. The summed E-state index contributed by atoms with van der Waals surface area (Å²) in [5, 5.41) is 8.98. The quantitative estimate of drug-likeness (QED) is 0.846. The Morgan fingerprint density at radius 1 is 1.40 bits per heavy atom. The van der Waals surface area contributed by atoms with Gasteiger partial charge in [0.1, 0.15) is 11.6 Å². The van der Waals surface area contributed by atoms with Gasteiger partial charge in [0.2, 0.25) is 5.91 Å². The van der Waals surface area contributed by atoms with E-state index in [1.807, 2.05) is 26.8 Å². The SMILES string of the molecule is CN(Cc1cccc(C#N)c1)C(=O)[C@H]1CCCN1C(=O)OC(C)(C)C. The van der Waals surface area contributed by atoms with E-state index < -0.39 is 17.7 Å². The zero-order chi connectivity index (χ0) is 18.6. The van der Waals surface area contributed by atoms with Crippen LogP contribution in [0.4, 0.5) is 4.79 Å². The van der Waals surface area contributed by atoms with Gasteiger partial charge in [0.25, 0.3) is 0 Å². The van der Waals surface area contributed by atoms with E-state index in [4.69, 9.17) is 10.00 Å². The second-order valence-electron chi connectivity index (χ2n) is 7.34. The lowest BCUT2D eigenvalue weighted by molar-refractivity contribution is -0.135. The van der Waals surface area contributed by atoms with E-state index in [0.717, 1.165) is 12.0 Å². The predicted molar refractivity (Wildman–Crippen MR) is 93.6 cm³/mol. The number of ether oxygens (including phenoxy) is 1. The predicted octanol–water partition coefficient (Wildman–Crippen LogP) is 2.92. The van der Waals surface area contributed by atoms with Gasteiger partial charge in [-0.25, -0.2) is 4.79 Å². The van der Waals surface area contributed by atoms with Crippen molar-refractivity contribution >= 4 is 12.0 Å². The van der Waals surface area contributed by atoms with Crippen LogP contribution in [0.1, 0.15) is 44.7 Å². The monoisotopic (exact) mass is 343 g/mol. The average molecular weight is 343 g/mol. The maximum Gasteiger partial charge on any atom is 0.410 e. The van der Waals surface area contributed by atoms with Gasteiger partial charge in [-0.3, -0.25) is 9.69 Å². The summed E-state index contributed by atoms with van der Waals surface area (Å²) in [4.78, 5) is 28.3. The van der Waals surface area contributed by atoms with Gasteiger partial charge in [-0.15, -0.1) is 0 Å². The number of hydrogen-bond acceptors (Lipinski definition) is 4. The second-order valence-corrected chi connectivity index (χ2v) is 7.34. The maximum absolute atomic E-state index is 12.8. The van der Waals surface area contributed by atoms with Crippen molar-refractivity contribution in [3.05, 3.63) is 35.4 Å². The first kappa shape index (κ1) is 18.8. The van der Waals surface area contributed by atoms with Crippen molar-refractivity contribution in [2.75, 3.05) is 13.6 Å². The van der Waals surface area contributed by atoms with Gasteiger partial charge in [0.15, 0.2) is 0 Å². The third kappa shape index (κ3) is 4.96. The molecule has 0 aliphatic carbocycles. The first-order valence-corrected chi connectivity index (χ1v) is 8.45. The summed E-state index contributed by atoms with van der Waals surface area (Å²) in [5.41, 5.74) is 0.864. The van der Waals surface area contributed by atoms with Crippen LogP contribution in [0, 0.1) is 11.3 Å². The molecular formula is C19H25N3O3. The first-order chi connectivity index (χ1) is 11.7. The van der Waals surface area contributed by atoms with Crippen LogP contribution >= 0.6 is 0 Å². The zero-order valence-electron chi connectivity index (χ0n) is 15.3. The van der Waals surface area contributed by atoms with Crippen LogP contribution in [0.3, 0.4) is 0 Å². The molecule has 1 heterocycles. The van der Waals surface area contributed by atoms with Crippen molar-refractivity contribution in [3.8, 4) is 6.07 Å². The number of carbonyl (C=O) groups excluding carboxylic acids is 2. The highest BCUT2D eigenvalue weighted by atomic mass is 16.6. The fraction of sp³-hybridized carbons (Fsp3) is 0.526. The van der Waals surface area contributed by atoms with Crippen LogP contribution in [0.2, 0.25) is 0 Å². The third-order valence-corrected chi connectivity index (χ3v) is 4.02. The number of carbonyl (C=O) groups is 2. The van der Waals surface area contributed by atoms with Gasteiger partial charge >= 0.3 is 6.09 Å². The summed E-state index contributed by atoms with van der Waals surface area (Å²) in [7, 11) is 1.72. The highest BCUT2D eigenvalue weighted by Gasteiger charge is 2.37. The van der Waals surface area contributed by atoms with E-state index in [2.05, 4.69) is 6.07 Å². The van der Waals surface area contributed by atoms with Crippen LogP contribution in [0.15, 0.2) is 24.3 Å². The largest absolute Gasteiger partial charge is 0.444 e. The molecule has 6 nitrogen and oxygen atoms in total. The number of rotatable bonds is 3. The Bertz CT molecular complexity index is 688. The summed E-state index contributed by atoms with van der Waals surface area (Å²) in [5.74, 6) is -0.106. The number of nitrogens with zero attached hydrogens (tertiary/aromatic N) is 3. The molecule has 0 aromatic heterocycles. The molecule has 0 spiro atoms. The Balaban J connectivity index is 2.04.